The minimum Gasteiger partial charge on any atom is -0.391 e. The van der Waals surface area contributed by atoms with Crippen molar-refractivity contribution < 1.29 is 9.84 Å². The van der Waals surface area contributed by atoms with Crippen LogP contribution in [0.2, 0.25) is 0 Å². The van der Waals surface area contributed by atoms with Crippen LogP contribution in [-0.4, -0.2) is 41.4 Å². The number of hydrogen-bond acceptors (Lipinski definition) is 5. The lowest BCUT2D eigenvalue weighted by Crippen LogP contribution is -2.39. The van der Waals surface area contributed by atoms with Crippen LogP contribution in [0.1, 0.15) is 18.5 Å². The van der Waals surface area contributed by atoms with E-state index in [1.807, 2.05) is 11.0 Å². The Morgan fingerprint density at radius 2 is 2.50 bits per heavy atom. The molecule has 1 atom stereocenters. The second-order valence-electron chi connectivity index (χ2n) is 4.02. The van der Waals surface area contributed by atoms with Crippen LogP contribution in [0.3, 0.4) is 0 Å². The highest BCUT2D eigenvalue weighted by molar-refractivity contribution is 5.31. The SMILES string of the molecule is COCc1ccnc(N2CCC[C@H](O)C2)n1. The maximum absolute atomic E-state index is 9.59. The second-order valence-corrected chi connectivity index (χ2v) is 4.02. The van der Waals surface area contributed by atoms with Gasteiger partial charge >= 0.3 is 0 Å². The van der Waals surface area contributed by atoms with Gasteiger partial charge in [-0.05, 0) is 18.9 Å². The zero-order chi connectivity index (χ0) is 11.4. The summed E-state index contributed by atoms with van der Waals surface area (Å²) in [6, 6.07) is 1.84. The molecule has 0 radical (unpaired) electrons. The van der Waals surface area contributed by atoms with Crippen molar-refractivity contribution in [3.63, 3.8) is 0 Å². The number of piperidine rings is 1. The molecule has 1 aliphatic rings. The van der Waals surface area contributed by atoms with Crippen LogP contribution in [0.4, 0.5) is 5.95 Å². The van der Waals surface area contributed by atoms with E-state index in [1.54, 1.807) is 13.3 Å². The van der Waals surface area contributed by atoms with Gasteiger partial charge in [0.15, 0.2) is 0 Å². The number of β-amino-alcohol motifs (C(OH)–C–C–N with tert-alkyl or cyclic N) is 1. The number of ether oxygens (including phenoxy) is 1. The molecule has 0 saturated carbocycles. The lowest BCUT2D eigenvalue weighted by Gasteiger charge is -2.30. The van der Waals surface area contributed by atoms with E-state index in [0.29, 0.717) is 19.1 Å². The van der Waals surface area contributed by atoms with Gasteiger partial charge in [-0.1, -0.05) is 0 Å². The van der Waals surface area contributed by atoms with Gasteiger partial charge in [0.05, 0.1) is 18.4 Å². The monoisotopic (exact) mass is 223 g/mol. The molecule has 2 rings (SSSR count). The predicted molar refractivity (Wildman–Crippen MR) is 60.2 cm³/mol. The summed E-state index contributed by atoms with van der Waals surface area (Å²) in [5, 5.41) is 9.59. The molecule has 1 saturated heterocycles. The maximum atomic E-state index is 9.59. The van der Waals surface area contributed by atoms with E-state index in [9.17, 15) is 5.11 Å². The van der Waals surface area contributed by atoms with E-state index in [4.69, 9.17) is 4.74 Å². The maximum Gasteiger partial charge on any atom is 0.225 e. The van der Waals surface area contributed by atoms with Crippen LogP contribution in [-0.2, 0) is 11.3 Å². The molecule has 5 heteroatoms. The molecule has 0 spiro atoms. The summed E-state index contributed by atoms with van der Waals surface area (Å²) in [5.41, 5.74) is 0.868. The van der Waals surface area contributed by atoms with Crippen molar-refractivity contribution in [3.8, 4) is 0 Å². The molecule has 0 aliphatic carbocycles. The molecule has 0 aromatic carbocycles. The third kappa shape index (κ3) is 2.68. The Labute approximate surface area is 95.1 Å². The second kappa shape index (κ2) is 5.23. The topological polar surface area (TPSA) is 58.5 Å². The third-order valence-electron chi connectivity index (χ3n) is 2.67. The first-order valence-corrected chi connectivity index (χ1v) is 5.53. The largest absolute Gasteiger partial charge is 0.391 e. The van der Waals surface area contributed by atoms with Crippen molar-refractivity contribution in [2.45, 2.75) is 25.6 Å². The summed E-state index contributed by atoms with van der Waals surface area (Å²) >= 11 is 0. The molecule has 0 amide bonds. The highest BCUT2D eigenvalue weighted by Crippen LogP contribution is 2.15. The Morgan fingerprint density at radius 1 is 1.62 bits per heavy atom. The summed E-state index contributed by atoms with van der Waals surface area (Å²) < 4.78 is 5.03. The van der Waals surface area contributed by atoms with Gasteiger partial charge in [0.2, 0.25) is 5.95 Å². The van der Waals surface area contributed by atoms with E-state index in [1.165, 1.54) is 0 Å². The van der Waals surface area contributed by atoms with Gasteiger partial charge in [0, 0.05) is 26.4 Å². The van der Waals surface area contributed by atoms with Gasteiger partial charge in [-0.2, -0.15) is 0 Å². The molecule has 0 bridgehead atoms. The predicted octanol–water partition coefficient (Wildman–Crippen LogP) is 0.584. The molecule has 1 N–H and O–H groups in total. The molecule has 1 aromatic rings. The Balaban J connectivity index is 2.09. The molecule has 88 valence electrons. The van der Waals surface area contributed by atoms with E-state index in [0.717, 1.165) is 25.1 Å². The molecular formula is C11H17N3O2. The van der Waals surface area contributed by atoms with Gasteiger partial charge in [-0.15, -0.1) is 0 Å². The van der Waals surface area contributed by atoms with Crippen LogP contribution in [0.25, 0.3) is 0 Å². The van der Waals surface area contributed by atoms with Gasteiger partial charge in [-0.25, -0.2) is 9.97 Å². The summed E-state index contributed by atoms with van der Waals surface area (Å²) in [6.07, 6.45) is 3.33. The first-order valence-electron chi connectivity index (χ1n) is 5.53. The summed E-state index contributed by atoms with van der Waals surface area (Å²) in [6.45, 7) is 2.02. The van der Waals surface area contributed by atoms with Crippen molar-refractivity contribution in [3.05, 3.63) is 18.0 Å². The van der Waals surface area contributed by atoms with Gasteiger partial charge in [0.25, 0.3) is 0 Å². The quantitative estimate of drug-likeness (QED) is 0.812. The number of anilines is 1. The Kier molecular flexibility index (Phi) is 3.69. The molecular weight excluding hydrogens is 206 g/mol. The highest BCUT2D eigenvalue weighted by atomic mass is 16.5. The van der Waals surface area contributed by atoms with Crippen LogP contribution in [0.5, 0.6) is 0 Å². The van der Waals surface area contributed by atoms with Crippen molar-refractivity contribution >= 4 is 5.95 Å². The number of rotatable bonds is 3. The van der Waals surface area contributed by atoms with Crippen LogP contribution >= 0.6 is 0 Å². The molecule has 16 heavy (non-hydrogen) atoms. The van der Waals surface area contributed by atoms with Gasteiger partial charge < -0.3 is 14.7 Å². The number of aromatic nitrogens is 2. The molecule has 1 aromatic heterocycles. The Bertz CT molecular complexity index is 346. The van der Waals surface area contributed by atoms with Crippen molar-refractivity contribution in [1.29, 1.82) is 0 Å². The number of aliphatic hydroxyl groups is 1. The number of nitrogens with zero attached hydrogens (tertiary/aromatic N) is 3. The van der Waals surface area contributed by atoms with Crippen LogP contribution in [0, 0.1) is 0 Å². The van der Waals surface area contributed by atoms with Gasteiger partial charge in [-0.3, -0.25) is 0 Å². The third-order valence-corrected chi connectivity index (χ3v) is 2.67. The molecule has 1 aliphatic heterocycles. The first kappa shape index (κ1) is 11.3. The van der Waals surface area contributed by atoms with Crippen molar-refractivity contribution in [1.82, 2.24) is 9.97 Å². The average molecular weight is 223 g/mol. The lowest BCUT2D eigenvalue weighted by atomic mass is 10.1. The normalized spacial score (nSPS) is 21.1. The van der Waals surface area contributed by atoms with Gasteiger partial charge in [0.1, 0.15) is 0 Å². The Hall–Kier alpha value is -1.20. The fraction of sp³-hybridized carbons (Fsp3) is 0.636. The smallest absolute Gasteiger partial charge is 0.225 e. The lowest BCUT2D eigenvalue weighted by molar-refractivity contribution is 0.153. The van der Waals surface area contributed by atoms with E-state index < -0.39 is 0 Å². The summed E-state index contributed by atoms with van der Waals surface area (Å²) in [7, 11) is 1.65. The summed E-state index contributed by atoms with van der Waals surface area (Å²) in [4.78, 5) is 10.6. The zero-order valence-corrected chi connectivity index (χ0v) is 9.46. The van der Waals surface area contributed by atoms with Crippen molar-refractivity contribution in [2.24, 2.45) is 0 Å². The Morgan fingerprint density at radius 3 is 3.25 bits per heavy atom. The fourth-order valence-corrected chi connectivity index (χ4v) is 1.90. The van der Waals surface area contributed by atoms with E-state index in [-0.39, 0.29) is 6.10 Å². The molecule has 0 unspecified atom stereocenters. The van der Waals surface area contributed by atoms with Crippen LogP contribution < -0.4 is 4.90 Å². The number of methoxy groups -OCH3 is 1. The van der Waals surface area contributed by atoms with Crippen LogP contribution in [0.15, 0.2) is 12.3 Å². The standard InChI is InChI=1S/C11H17N3O2/c1-16-8-9-4-5-12-11(13-9)14-6-2-3-10(15)7-14/h4-5,10,15H,2-3,6-8H2,1H3/t10-/m0/s1. The molecule has 5 nitrogen and oxygen atoms in total. The molecule has 1 fully saturated rings. The minimum absolute atomic E-state index is 0.261. The fourth-order valence-electron chi connectivity index (χ4n) is 1.90. The minimum atomic E-state index is -0.261. The van der Waals surface area contributed by atoms with Crippen molar-refractivity contribution in [2.75, 3.05) is 25.1 Å². The average Bonchev–Trinajstić information content (AvgIpc) is 2.30. The number of aliphatic hydroxyl groups excluding tert-OH is 1. The van der Waals surface area contributed by atoms with E-state index in [2.05, 4.69) is 9.97 Å². The van der Waals surface area contributed by atoms with E-state index >= 15 is 0 Å². The zero-order valence-electron chi connectivity index (χ0n) is 9.46. The molecule has 2 heterocycles. The summed E-state index contributed by atoms with van der Waals surface area (Å²) in [5.74, 6) is 0.688. The highest BCUT2D eigenvalue weighted by Gasteiger charge is 2.19. The number of hydrogen-bond donors (Lipinski definition) is 1. The first-order chi connectivity index (χ1) is 7.79.